The molecule has 40 heavy (non-hydrogen) atoms. The Morgan fingerprint density at radius 1 is 1.30 bits per heavy atom. The molecule has 7 rings (SSSR count). The number of hydrogen-bond donors (Lipinski definition) is 2. The van der Waals surface area contributed by atoms with Crippen molar-refractivity contribution in [2.24, 2.45) is 0 Å². The van der Waals surface area contributed by atoms with Gasteiger partial charge in [-0.1, -0.05) is 12.1 Å². The number of nitrogens with zero attached hydrogens (tertiary/aromatic N) is 7. The van der Waals surface area contributed by atoms with E-state index < -0.39 is 0 Å². The average molecular weight is 559 g/mol. The molecule has 0 bridgehead atoms. The number of nitrogen functional groups attached to an aromatic ring is 1. The highest BCUT2D eigenvalue weighted by atomic mass is 32.1. The third-order valence-corrected chi connectivity index (χ3v) is 10.6. The molecule has 10 nitrogen and oxygen atoms in total. The van der Waals surface area contributed by atoms with Crippen LogP contribution in [0.15, 0.2) is 10.7 Å². The summed E-state index contributed by atoms with van der Waals surface area (Å²) in [7, 11) is 2.18. The second-order valence-corrected chi connectivity index (χ2v) is 12.8. The number of aliphatic hydroxyl groups excluding tert-OH is 1. The summed E-state index contributed by atoms with van der Waals surface area (Å²) in [5, 5.41) is 29.8. The van der Waals surface area contributed by atoms with E-state index in [-0.39, 0.29) is 17.9 Å². The smallest absolute Gasteiger partial charge is 0.182 e. The number of thiophene rings is 1. The van der Waals surface area contributed by atoms with E-state index in [1.807, 2.05) is 4.68 Å². The molecule has 1 aliphatic heterocycles. The lowest BCUT2D eigenvalue weighted by molar-refractivity contribution is 0.265. The Bertz CT molecular complexity index is 1640. The van der Waals surface area contributed by atoms with Gasteiger partial charge >= 0.3 is 0 Å². The van der Waals surface area contributed by atoms with E-state index in [1.165, 1.54) is 11.3 Å². The van der Waals surface area contributed by atoms with Crippen molar-refractivity contribution >= 4 is 27.4 Å². The predicted molar refractivity (Wildman–Crippen MR) is 152 cm³/mol. The molecule has 11 heteroatoms. The number of rotatable bonds is 5. The van der Waals surface area contributed by atoms with Crippen LogP contribution in [0.5, 0.6) is 0 Å². The number of aliphatic hydroxyl groups is 1. The van der Waals surface area contributed by atoms with Crippen molar-refractivity contribution in [1.82, 2.24) is 29.8 Å². The van der Waals surface area contributed by atoms with Gasteiger partial charge in [-0.25, -0.2) is 9.97 Å². The molecule has 0 aromatic carbocycles. The lowest BCUT2D eigenvalue weighted by atomic mass is 9.63. The highest BCUT2D eigenvalue weighted by molar-refractivity contribution is 7.16. The van der Waals surface area contributed by atoms with E-state index >= 15 is 0 Å². The molecule has 3 atom stereocenters. The van der Waals surface area contributed by atoms with Crippen molar-refractivity contribution in [3.8, 4) is 17.6 Å². The Labute approximate surface area is 236 Å². The minimum absolute atomic E-state index is 0.00562. The zero-order chi connectivity index (χ0) is 27.6. The summed E-state index contributed by atoms with van der Waals surface area (Å²) >= 11 is 1.55. The van der Waals surface area contributed by atoms with Crippen molar-refractivity contribution in [3.63, 3.8) is 0 Å². The van der Waals surface area contributed by atoms with Gasteiger partial charge < -0.3 is 20.3 Å². The lowest BCUT2D eigenvalue weighted by Gasteiger charge is -2.39. The second kappa shape index (κ2) is 9.65. The summed E-state index contributed by atoms with van der Waals surface area (Å²) in [5.41, 5.74) is 11.9. The van der Waals surface area contributed by atoms with Crippen LogP contribution in [-0.2, 0) is 24.8 Å². The van der Waals surface area contributed by atoms with Gasteiger partial charge in [0.2, 0.25) is 0 Å². The van der Waals surface area contributed by atoms with Gasteiger partial charge in [-0.05, 0) is 70.5 Å². The second-order valence-electron chi connectivity index (χ2n) is 11.6. The van der Waals surface area contributed by atoms with Gasteiger partial charge in [-0.3, -0.25) is 4.68 Å². The molecule has 1 fully saturated rings. The van der Waals surface area contributed by atoms with Gasteiger partial charge in [-0.15, -0.1) is 11.3 Å². The van der Waals surface area contributed by atoms with Crippen LogP contribution in [0, 0.1) is 11.3 Å². The summed E-state index contributed by atoms with van der Waals surface area (Å²) in [5.74, 6) is 1.57. The number of aromatic nitrogens is 5. The van der Waals surface area contributed by atoms with Gasteiger partial charge in [0.25, 0.3) is 0 Å². The largest absolute Gasteiger partial charge is 0.394 e. The molecule has 3 aliphatic rings. The van der Waals surface area contributed by atoms with Crippen molar-refractivity contribution in [2.75, 3.05) is 25.9 Å². The predicted octanol–water partition coefficient (Wildman–Crippen LogP) is 4.15. The minimum Gasteiger partial charge on any atom is -0.394 e. The van der Waals surface area contributed by atoms with E-state index in [0.717, 1.165) is 85.1 Å². The van der Waals surface area contributed by atoms with Crippen LogP contribution < -0.4 is 5.73 Å². The first kappa shape index (κ1) is 25.6. The molecular formula is C29H34N8O2S. The molecule has 1 spiro atoms. The third-order valence-electron chi connectivity index (χ3n) is 9.49. The minimum atomic E-state index is -0.381. The molecule has 2 aliphatic carbocycles. The van der Waals surface area contributed by atoms with Crippen LogP contribution in [-0.4, -0.2) is 61.2 Å². The molecule has 0 amide bonds. The number of fused-ring (bicyclic) bond motifs is 5. The average Bonchev–Trinajstić information content (AvgIpc) is 3.73. The molecule has 3 N–H and O–H groups in total. The summed E-state index contributed by atoms with van der Waals surface area (Å²) in [4.78, 5) is 13.4. The maximum Gasteiger partial charge on any atom is 0.182 e. The molecular weight excluding hydrogens is 524 g/mol. The standard InChI is InChI=1S/C29H34N8O2S/c1-16(19-7-5-11-36(19)2)23-25-20(37(34-23)12-13-38)15-32-28(33-25)24-17-6-3-9-29(26(17)39-35-24)10-4-8-21-22(29)18(14-30)27(31)40-21/h15-16,19,38H,3-13,31H2,1-2H3. The molecule has 5 heterocycles. The van der Waals surface area contributed by atoms with E-state index in [0.29, 0.717) is 34.7 Å². The number of aryl methyl sites for hydroxylation is 1. The molecule has 4 aromatic heterocycles. The molecule has 4 aromatic rings. The molecule has 0 radical (unpaired) electrons. The summed E-state index contributed by atoms with van der Waals surface area (Å²) in [6, 6.07) is 2.78. The van der Waals surface area contributed by atoms with E-state index in [2.05, 4.69) is 30.1 Å². The Kier molecular flexibility index (Phi) is 6.18. The quantitative estimate of drug-likeness (QED) is 0.369. The number of anilines is 1. The lowest BCUT2D eigenvalue weighted by Crippen LogP contribution is -2.35. The fourth-order valence-electron chi connectivity index (χ4n) is 7.64. The van der Waals surface area contributed by atoms with Crippen molar-refractivity contribution in [1.29, 1.82) is 5.26 Å². The zero-order valence-corrected chi connectivity index (χ0v) is 23.8. The van der Waals surface area contributed by atoms with Crippen molar-refractivity contribution in [3.05, 3.63) is 39.2 Å². The van der Waals surface area contributed by atoms with Crippen molar-refractivity contribution < 1.29 is 9.63 Å². The monoisotopic (exact) mass is 558 g/mol. The molecule has 3 unspecified atom stereocenters. The zero-order valence-electron chi connectivity index (χ0n) is 23.0. The van der Waals surface area contributed by atoms with Gasteiger partial charge in [0, 0.05) is 22.4 Å². The molecule has 0 saturated carbocycles. The highest BCUT2D eigenvalue weighted by Gasteiger charge is 2.48. The normalized spacial score (nSPS) is 23.4. The van der Waals surface area contributed by atoms with Crippen LogP contribution >= 0.6 is 11.3 Å². The Hall–Kier alpha value is -3.33. The van der Waals surface area contributed by atoms with E-state index in [9.17, 15) is 10.4 Å². The first-order valence-electron chi connectivity index (χ1n) is 14.3. The molecule has 1 saturated heterocycles. The molecule has 208 valence electrons. The van der Waals surface area contributed by atoms with Crippen LogP contribution in [0.3, 0.4) is 0 Å². The number of likely N-dealkylation sites (tertiary alicyclic amines) is 1. The number of hydrogen-bond acceptors (Lipinski definition) is 10. The number of nitriles is 1. The van der Waals surface area contributed by atoms with Gasteiger partial charge in [-0.2, -0.15) is 10.4 Å². The van der Waals surface area contributed by atoms with Crippen LogP contribution in [0.1, 0.15) is 84.4 Å². The fourth-order valence-corrected chi connectivity index (χ4v) is 8.80. The van der Waals surface area contributed by atoms with Crippen LogP contribution in [0.25, 0.3) is 22.6 Å². The third kappa shape index (κ3) is 3.66. The first-order valence-corrected chi connectivity index (χ1v) is 15.1. The number of likely N-dealkylation sites (N-methyl/N-ethyl adjacent to an activating group) is 1. The SMILES string of the molecule is CC(c1nn(CCO)c2cnc(-c3noc4c3CCCC43CCCc4sc(N)c(C#N)c43)nc12)C1CCCN1C. The Balaban J connectivity index is 1.35. The van der Waals surface area contributed by atoms with E-state index in [4.69, 9.17) is 25.3 Å². The van der Waals surface area contributed by atoms with Crippen LogP contribution in [0.4, 0.5) is 5.00 Å². The maximum atomic E-state index is 10.00. The summed E-state index contributed by atoms with van der Waals surface area (Å²) in [6.07, 6.45) is 9.70. The highest BCUT2D eigenvalue weighted by Crippen LogP contribution is 2.55. The van der Waals surface area contributed by atoms with Crippen LogP contribution in [0.2, 0.25) is 0 Å². The summed E-state index contributed by atoms with van der Waals surface area (Å²) < 4.78 is 8.01. The van der Waals surface area contributed by atoms with Gasteiger partial charge in [0.1, 0.15) is 22.1 Å². The van der Waals surface area contributed by atoms with Gasteiger partial charge in [0.05, 0.1) is 36.0 Å². The van der Waals surface area contributed by atoms with Gasteiger partial charge in [0.15, 0.2) is 17.3 Å². The number of nitrogens with two attached hydrogens (primary N) is 1. The summed E-state index contributed by atoms with van der Waals surface area (Å²) in [6.45, 7) is 3.69. The maximum absolute atomic E-state index is 10.00. The Morgan fingerprint density at radius 2 is 2.12 bits per heavy atom. The van der Waals surface area contributed by atoms with E-state index in [1.54, 1.807) is 17.5 Å². The first-order chi connectivity index (χ1) is 19.5. The topological polar surface area (TPSA) is 143 Å². The fraction of sp³-hybridized carbons (Fsp3) is 0.552. The van der Waals surface area contributed by atoms with Crippen molar-refractivity contribution in [2.45, 2.75) is 82.2 Å². The Morgan fingerprint density at radius 3 is 2.88 bits per heavy atom.